The smallest absolute Gasteiger partial charge is 0.229 e. The highest BCUT2D eigenvalue weighted by atomic mass is 16.2. The average molecular weight is 274 g/mol. The lowest BCUT2D eigenvalue weighted by Crippen LogP contribution is -2.49. The fourth-order valence-electron chi connectivity index (χ4n) is 5.16. The van der Waals surface area contributed by atoms with Crippen molar-refractivity contribution in [1.29, 1.82) is 0 Å². The van der Waals surface area contributed by atoms with Crippen LogP contribution in [-0.2, 0) is 11.8 Å². The maximum atomic E-state index is 12.7. The van der Waals surface area contributed by atoms with Crippen molar-refractivity contribution in [3.63, 3.8) is 0 Å². The summed E-state index contributed by atoms with van der Waals surface area (Å²) in [5.41, 5.74) is 6.41. The number of aromatic nitrogens is 2. The van der Waals surface area contributed by atoms with Gasteiger partial charge in [-0.3, -0.25) is 9.48 Å². The van der Waals surface area contributed by atoms with Gasteiger partial charge in [-0.05, 0) is 55.8 Å². The van der Waals surface area contributed by atoms with Gasteiger partial charge in [0.1, 0.15) is 0 Å². The molecule has 4 aliphatic carbocycles. The van der Waals surface area contributed by atoms with E-state index in [9.17, 15) is 4.79 Å². The van der Waals surface area contributed by atoms with Gasteiger partial charge in [0, 0.05) is 13.0 Å². The Bertz CT molecular complexity index is 503. The molecule has 108 valence electrons. The Hall–Kier alpha value is -1.52. The van der Waals surface area contributed by atoms with Crippen LogP contribution in [-0.4, -0.2) is 15.7 Å². The van der Waals surface area contributed by atoms with Crippen molar-refractivity contribution in [2.75, 3.05) is 11.1 Å². The molecule has 4 saturated carbocycles. The summed E-state index contributed by atoms with van der Waals surface area (Å²) in [7, 11) is 1.81. The van der Waals surface area contributed by atoms with E-state index in [4.69, 9.17) is 5.73 Å². The zero-order valence-electron chi connectivity index (χ0n) is 11.9. The van der Waals surface area contributed by atoms with Gasteiger partial charge in [-0.25, -0.2) is 0 Å². The number of aryl methyl sites for hydroxylation is 1. The van der Waals surface area contributed by atoms with Crippen LogP contribution in [0, 0.1) is 29.6 Å². The summed E-state index contributed by atoms with van der Waals surface area (Å²) in [6.45, 7) is 0. The summed E-state index contributed by atoms with van der Waals surface area (Å²) >= 11 is 0. The summed E-state index contributed by atoms with van der Waals surface area (Å²) in [6.07, 6.45) is 8.03. The van der Waals surface area contributed by atoms with Crippen LogP contribution in [0.5, 0.6) is 0 Å². The van der Waals surface area contributed by atoms with Gasteiger partial charge >= 0.3 is 0 Å². The minimum atomic E-state index is 0.161. The van der Waals surface area contributed by atoms with Crippen LogP contribution >= 0.6 is 0 Å². The molecule has 0 spiro atoms. The number of hydrogen-bond donors (Lipinski definition) is 2. The number of amides is 1. The largest absolute Gasteiger partial charge is 0.394 e. The Morgan fingerprint density at radius 1 is 1.25 bits per heavy atom. The number of anilines is 2. The maximum absolute atomic E-state index is 12.7. The van der Waals surface area contributed by atoms with Gasteiger partial charge in [0.05, 0.1) is 11.9 Å². The van der Waals surface area contributed by atoms with Crippen LogP contribution in [0.15, 0.2) is 6.20 Å². The molecule has 1 heterocycles. The quantitative estimate of drug-likeness (QED) is 0.866. The number of nitrogen functional groups attached to an aromatic ring is 1. The summed E-state index contributed by atoms with van der Waals surface area (Å²) in [4.78, 5) is 12.7. The van der Waals surface area contributed by atoms with Crippen molar-refractivity contribution in [1.82, 2.24) is 9.78 Å². The molecule has 4 fully saturated rings. The van der Waals surface area contributed by atoms with E-state index >= 15 is 0 Å². The predicted octanol–water partition coefficient (Wildman–Crippen LogP) is 2.01. The van der Waals surface area contributed by atoms with Crippen molar-refractivity contribution in [3.05, 3.63) is 6.20 Å². The summed E-state index contributed by atoms with van der Waals surface area (Å²) < 4.78 is 1.64. The van der Waals surface area contributed by atoms with Gasteiger partial charge in [-0.2, -0.15) is 5.10 Å². The van der Waals surface area contributed by atoms with Crippen LogP contribution in [0.2, 0.25) is 0 Å². The number of carbonyl (C=O) groups excluding carboxylic acids is 1. The van der Waals surface area contributed by atoms with E-state index in [1.54, 1.807) is 10.9 Å². The molecule has 5 rings (SSSR count). The van der Waals surface area contributed by atoms with E-state index in [1.165, 1.54) is 32.1 Å². The van der Waals surface area contributed by atoms with Crippen molar-refractivity contribution in [3.8, 4) is 0 Å². The number of nitrogens with one attached hydrogen (secondary N) is 1. The molecule has 1 aromatic rings. The SMILES string of the molecule is Cn1ncc(N)c1NC(=O)C1C2CC3CC(C2)CC1C3. The second kappa shape index (κ2) is 4.24. The molecule has 20 heavy (non-hydrogen) atoms. The molecule has 5 nitrogen and oxygen atoms in total. The first-order valence-corrected chi connectivity index (χ1v) is 7.70. The third-order valence-corrected chi connectivity index (χ3v) is 5.74. The van der Waals surface area contributed by atoms with E-state index in [1.807, 2.05) is 7.05 Å². The Balaban J connectivity index is 1.54. The average Bonchev–Trinajstić information content (AvgIpc) is 2.69. The molecule has 0 atom stereocenters. The molecule has 0 unspecified atom stereocenters. The van der Waals surface area contributed by atoms with E-state index in [0.29, 0.717) is 23.3 Å². The Morgan fingerprint density at radius 3 is 2.35 bits per heavy atom. The van der Waals surface area contributed by atoms with Crippen LogP contribution in [0.4, 0.5) is 11.5 Å². The van der Waals surface area contributed by atoms with Crippen LogP contribution in [0.1, 0.15) is 32.1 Å². The summed E-state index contributed by atoms with van der Waals surface area (Å²) in [5, 5.41) is 7.11. The van der Waals surface area contributed by atoms with Gasteiger partial charge in [0.15, 0.2) is 5.82 Å². The fraction of sp³-hybridized carbons (Fsp3) is 0.733. The third kappa shape index (κ3) is 1.75. The van der Waals surface area contributed by atoms with Crippen molar-refractivity contribution < 1.29 is 4.79 Å². The minimum absolute atomic E-state index is 0.161. The van der Waals surface area contributed by atoms with E-state index in [2.05, 4.69) is 10.4 Å². The second-order valence-corrected chi connectivity index (χ2v) is 7.02. The molecule has 0 aromatic carbocycles. The number of hydrogen-bond acceptors (Lipinski definition) is 3. The lowest BCUT2D eigenvalue weighted by Gasteiger charge is -2.53. The summed E-state index contributed by atoms with van der Waals surface area (Å²) in [6, 6.07) is 0. The predicted molar refractivity (Wildman–Crippen MR) is 76.8 cm³/mol. The van der Waals surface area contributed by atoms with Gasteiger partial charge in [0.25, 0.3) is 0 Å². The molecule has 0 aliphatic heterocycles. The molecule has 4 aliphatic rings. The minimum Gasteiger partial charge on any atom is -0.394 e. The molecular formula is C15H22N4O. The molecule has 1 amide bonds. The van der Waals surface area contributed by atoms with E-state index < -0.39 is 0 Å². The highest BCUT2D eigenvalue weighted by Gasteiger charge is 2.50. The fourth-order valence-corrected chi connectivity index (χ4v) is 5.16. The van der Waals surface area contributed by atoms with Crippen molar-refractivity contribution >= 4 is 17.4 Å². The molecule has 5 heteroatoms. The van der Waals surface area contributed by atoms with Crippen molar-refractivity contribution in [2.45, 2.75) is 32.1 Å². The van der Waals surface area contributed by atoms with Gasteiger partial charge < -0.3 is 11.1 Å². The van der Waals surface area contributed by atoms with Gasteiger partial charge in [-0.15, -0.1) is 0 Å². The highest BCUT2D eigenvalue weighted by molar-refractivity contribution is 5.94. The molecule has 1 aromatic heterocycles. The van der Waals surface area contributed by atoms with Crippen LogP contribution in [0.3, 0.4) is 0 Å². The van der Waals surface area contributed by atoms with Crippen molar-refractivity contribution in [2.24, 2.45) is 36.6 Å². The molecule has 0 radical (unpaired) electrons. The Kier molecular flexibility index (Phi) is 2.59. The lowest BCUT2D eigenvalue weighted by molar-refractivity contribution is -0.132. The lowest BCUT2D eigenvalue weighted by atomic mass is 9.51. The number of nitrogens with zero attached hydrogens (tertiary/aromatic N) is 2. The number of rotatable bonds is 2. The standard InChI is InChI=1S/C15H22N4O/c1-19-14(12(16)7-17-19)18-15(20)13-10-3-8-2-9(5-10)6-11(13)4-8/h7-11,13H,2-6,16H2,1H3,(H,18,20). The number of carbonyl (C=O) groups is 1. The maximum Gasteiger partial charge on any atom is 0.229 e. The molecule has 0 saturated heterocycles. The van der Waals surface area contributed by atoms with E-state index in [0.717, 1.165) is 11.8 Å². The van der Waals surface area contributed by atoms with Crippen LogP contribution in [0.25, 0.3) is 0 Å². The van der Waals surface area contributed by atoms with E-state index in [-0.39, 0.29) is 11.8 Å². The second-order valence-electron chi connectivity index (χ2n) is 7.02. The topological polar surface area (TPSA) is 72.9 Å². The first kappa shape index (κ1) is 12.2. The third-order valence-electron chi connectivity index (χ3n) is 5.74. The van der Waals surface area contributed by atoms with Gasteiger partial charge in [0.2, 0.25) is 5.91 Å². The highest BCUT2D eigenvalue weighted by Crippen LogP contribution is 2.56. The zero-order valence-corrected chi connectivity index (χ0v) is 11.9. The molecular weight excluding hydrogens is 252 g/mol. The van der Waals surface area contributed by atoms with Gasteiger partial charge in [-0.1, -0.05) is 0 Å². The molecule has 4 bridgehead atoms. The normalized spacial score (nSPS) is 38.1. The first-order valence-electron chi connectivity index (χ1n) is 7.70. The first-order chi connectivity index (χ1) is 9.61. The molecule has 3 N–H and O–H groups in total. The zero-order chi connectivity index (χ0) is 13.9. The Morgan fingerprint density at radius 2 is 1.85 bits per heavy atom. The monoisotopic (exact) mass is 274 g/mol. The Labute approximate surface area is 118 Å². The van der Waals surface area contributed by atoms with Crippen LogP contribution < -0.4 is 11.1 Å². The summed E-state index contributed by atoms with van der Waals surface area (Å²) in [5.74, 6) is 3.98. The number of nitrogens with two attached hydrogens (primary N) is 1.